The minimum absolute atomic E-state index is 0.363. The molecule has 1 aromatic rings. The maximum absolute atomic E-state index is 11.4. The van der Waals surface area contributed by atoms with Crippen LogP contribution in [0.4, 0.5) is 4.79 Å². The minimum Gasteiger partial charge on any atom is -0.318 e. The van der Waals surface area contributed by atoms with Gasteiger partial charge in [0, 0.05) is 17.7 Å². The summed E-state index contributed by atoms with van der Waals surface area (Å²) in [6.45, 7) is 1.22. The molecule has 0 aliphatic carbocycles. The summed E-state index contributed by atoms with van der Waals surface area (Å²) in [5.41, 5.74) is 3.46. The number of carbonyl (C=O) groups is 2. The number of aliphatic imine (C=N–C) groups is 1. The van der Waals surface area contributed by atoms with Gasteiger partial charge < -0.3 is 10.6 Å². The third-order valence-electron chi connectivity index (χ3n) is 3.03. The summed E-state index contributed by atoms with van der Waals surface area (Å²) in [5, 5.41) is 16.6. The fourth-order valence-electron chi connectivity index (χ4n) is 1.86. The van der Waals surface area contributed by atoms with Crippen LogP contribution in [0.1, 0.15) is 11.1 Å². The Balaban J connectivity index is 2.06. The van der Waals surface area contributed by atoms with Gasteiger partial charge >= 0.3 is 6.03 Å². The molecule has 0 aromatic heterocycles. The molecule has 1 aromatic carbocycles. The summed E-state index contributed by atoms with van der Waals surface area (Å²) in [5.74, 6) is 5.41. The number of likely N-dealkylation sites (N-methyl/N-ethyl adjacent to an activating group) is 1. The third-order valence-corrected chi connectivity index (χ3v) is 3.03. The number of imide groups is 1. The molecule has 1 aliphatic rings. The molecular formula is C15H17N5O3. The van der Waals surface area contributed by atoms with Gasteiger partial charge in [-0.1, -0.05) is 11.8 Å². The van der Waals surface area contributed by atoms with Crippen molar-refractivity contribution >= 4 is 17.8 Å². The van der Waals surface area contributed by atoms with E-state index in [4.69, 9.17) is 5.21 Å². The van der Waals surface area contributed by atoms with Gasteiger partial charge in [-0.15, -0.1) is 0 Å². The van der Waals surface area contributed by atoms with Gasteiger partial charge in [-0.3, -0.25) is 25.8 Å². The Morgan fingerprint density at radius 2 is 2.09 bits per heavy atom. The molecule has 0 saturated carbocycles. The molecule has 1 aliphatic heterocycles. The molecule has 2 rings (SSSR count). The lowest BCUT2D eigenvalue weighted by Crippen LogP contribution is -2.26. The van der Waals surface area contributed by atoms with Gasteiger partial charge in [0.25, 0.3) is 5.91 Å². The number of hydroxylamine groups is 1. The predicted molar refractivity (Wildman–Crippen MR) is 84.0 cm³/mol. The van der Waals surface area contributed by atoms with E-state index in [0.29, 0.717) is 30.1 Å². The molecule has 1 saturated heterocycles. The zero-order chi connectivity index (χ0) is 16.7. The van der Waals surface area contributed by atoms with E-state index in [1.807, 2.05) is 7.05 Å². The molecule has 8 nitrogen and oxygen atoms in total. The Labute approximate surface area is 133 Å². The highest BCUT2D eigenvalue weighted by atomic mass is 16.5. The molecule has 1 unspecified atom stereocenters. The highest BCUT2D eigenvalue weighted by Gasteiger charge is 2.27. The fourth-order valence-corrected chi connectivity index (χ4v) is 1.86. The van der Waals surface area contributed by atoms with Gasteiger partial charge in [-0.25, -0.2) is 4.79 Å². The second-order valence-corrected chi connectivity index (χ2v) is 4.69. The number of amidine groups is 1. The van der Waals surface area contributed by atoms with E-state index in [9.17, 15) is 9.59 Å². The smallest absolute Gasteiger partial charge is 0.318 e. The van der Waals surface area contributed by atoms with Crippen LogP contribution in [0.25, 0.3) is 0 Å². The van der Waals surface area contributed by atoms with E-state index < -0.39 is 18.0 Å². The van der Waals surface area contributed by atoms with Crippen molar-refractivity contribution in [3.8, 4) is 11.8 Å². The Bertz CT molecular complexity index is 673. The second-order valence-electron chi connectivity index (χ2n) is 4.69. The van der Waals surface area contributed by atoms with Gasteiger partial charge in [0.05, 0.1) is 6.54 Å². The standard InChI is InChI=1S/C15H17N5O3/c1-16-8-9-17-13(20-23)11-5-2-10(3-6-11)4-7-12-14(21)19-15(22)18-12/h2-3,5-6,12,16,23H,8-9H2,1H3,(H,17,20)(H2,18,19,21,22). The van der Waals surface area contributed by atoms with Crippen LogP contribution in [0.15, 0.2) is 29.3 Å². The van der Waals surface area contributed by atoms with E-state index in [1.165, 1.54) is 0 Å². The predicted octanol–water partition coefficient (Wildman–Crippen LogP) is -0.809. The normalized spacial score (nSPS) is 17.1. The van der Waals surface area contributed by atoms with Crippen molar-refractivity contribution in [2.75, 3.05) is 20.1 Å². The van der Waals surface area contributed by atoms with Crippen LogP contribution in [0.3, 0.4) is 0 Å². The first kappa shape index (κ1) is 16.5. The topological polar surface area (TPSA) is 115 Å². The average molecular weight is 315 g/mol. The summed E-state index contributed by atoms with van der Waals surface area (Å²) in [4.78, 5) is 26.6. The van der Waals surface area contributed by atoms with Crippen molar-refractivity contribution in [3.05, 3.63) is 35.4 Å². The molecule has 120 valence electrons. The van der Waals surface area contributed by atoms with Gasteiger partial charge in [-0.05, 0) is 31.3 Å². The molecular weight excluding hydrogens is 298 g/mol. The molecule has 0 radical (unpaired) electrons. The largest absolute Gasteiger partial charge is 0.322 e. The monoisotopic (exact) mass is 315 g/mol. The maximum Gasteiger partial charge on any atom is 0.322 e. The van der Waals surface area contributed by atoms with Crippen LogP contribution in [0.2, 0.25) is 0 Å². The van der Waals surface area contributed by atoms with Gasteiger partial charge in [0.15, 0.2) is 11.9 Å². The van der Waals surface area contributed by atoms with E-state index in [1.54, 1.807) is 24.3 Å². The number of carbonyl (C=O) groups excluding carboxylic acids is 2. The highest BCUT2D eigenvalue weighted by Crippen LogP contribution is 2.04. The van der Waals surface area contributed by atoms with Gasteiger partial charge in [-0.2, -0.15) is 0 Å². The number of urea groups is 1. The lowest BCUT2D eigenvalue weighted by atomic mass is 10.1. The number of hydrogen-bond acceptors (Lipinski definition) is 5. The first-order valence-electron chi connectivity index (χ1n) is 6.96. The number of rotatable bonds is 4. The number of amides is 3. The molecule has 23 heavy (non-hydrogen) atoms. The molecule has 8 heteroatoms. The molecule has 1 heterocycles. The van der Waals surface area contributed by atoms with Crippen molar-refractivity contribution in [2.45, 2.75) is 6.04 Å². The summed E-state index contributed by atoms with van der Waals surface area (Å²) in [6.07, 6.45) is 0. The lowest BCUT2D eigenvalue weighted by Gasteiger charge is -2.05. The van der Waals surface area contributed by atoms with Crippen molar-refractivity contribution in [2.24, 2.45) is 4.99 Å². The number of nitrogens with one attached hydrogen (secondary N) is 4. The SMILES string of the molecule is CNCCN=C(NO)c1ccc(C#CC2NC(=O)NC2=O)cc1. The van der Waals surface area contributed by atoms with E-state index >= 15 is 0 Å². The van der Waals surface area contributed by atoms with Gasteiger partial charge in [0.2, 0.25) is 0 Å². The van der Waals surface area contributed by atoms with E-state index in [2.05, 4.69) is 38.3 Å². The Hall–Kier alpha value is -2.89. The molecule has 1 atom stereocenters. The maximum atomic E-state index is 11.4. The Kier molecular flexibility index (Phi) is 5.68. The van der Waals surface area contributed by atoms with Crippen molar-refractivity contribution in [1.29, 1.82) is 0 Å². The fraction of sp³-hybridized carbons (Fsp3) is 0.267. The lowest BCUT2D eigenvalue weighted by molar-refractivity contribution is -0.119. The summed E-state index contributed by atoms with van der Waals surface area (Å²) in [6, 6.07) is 5.60. The van der Waals surface area contributed by atoms with Crippen LogP contribution in [-0.2, 0) is 4.79 Å². The summed E-state index contributed by atoms with van der Waals surface area (Å²) in [7, 11) is 1.82. The zero-order valence-electron chi connectivity index (χ0n) is 12.5. The van der Waals surface area contributed by atoms with Crippen LogP contribution < -0.4 is 21.4 Å². The molecule has 0 bridgehead atoms. The Morgan fingerprint density at radius 1 is 1.35 bits per heavy atom. The van der Waals surface area contributed by atoms with Crippen LogP contribution in [0, 0.1) is 11.8 Å². The van der Waals surface area contributed by atoms with Crippen molar-refractivity contribution in [1.82, 2.24) is 21.4 Å². The van der Waals surface area contributed by atoms with E-state index in [-0.39, 0.29) is 0 Å². The Morgan fingerprint density at radius 3 is 2.65 bits per heavy atom. The molecule has 5 N–H and O–H groups in total. The van der Waals surface area contributed by atoms with E-state index in [0.717, 1.165) is 0 Å². The zero-order valence-corrected chi connectivity index (χ0v) is 12.5. The second kappa shape index (κ2) is 7.93. The molecule has 1 fully saturated rings. The van der Waals surface area contributed by atoms with Crippen molar-refractivity contribution in [3.63, 3.8) is 0 Å². The third kappa shape index (κ3) is 4.54. The minimum atomic E-state index is -0.833. The summed E-state index contributed by atoms with van der Waals surface area (Å²) < 4.78 is 0. The first-order chi connectivity index (χ1) is 11.1. The number of hydrogen-bond donors (Lipinski definition) is 5. The molecule has 0 spiro atoms. The van der Waals surface area contributed by atoms with Crippen LogP contribution in [-0.4, -0.2) is 49.2 Å². The summed E-state index contributed by atoms with van der Waals surface area (Å²) >= 11 is 0. The first-order valence-corrected chi connectivity index (χ1v) is 6.96. The number of benzene rings is 1. The van der Waals surface area contributed by atoms with Crippen LogP contribution >= 0.6 is 0 Å². The average Bonchev–Trinajstić information content (AvgIpc) is 2.88. The van der Waals surface area contributed by atoms with Crippen molar-refractivity contribution < 1.29 is 14.8 Å². The van der Waals surface area contributed by atoms with Gasteiger partial charge in [0.1, 0.15) is 0 Å². The number of nitrogens with zero attached hydrogens (tertiary/aromatic N) is 1. The molecule has 3 amide bonds. The highest BCUT2D eigenvalue weighted by molar-refractivity contribution is 6.05. The quantitative estimate of drug-likeness (QED) is 0.124. The van der Waals surface area contributed by atoms with Crippen LogP contribution in [0.5, 0.6) is 0 Å².